The van der Waals surface area contributed by atoms with Crippen LogP contribution >= 0.6 is 0 Å². The molecule has 692 valence electrons. The van der Waals surface area contributed by atoms with Gasteiger partial charge in [-0.3, -0.25) is 0 Å². The number of fused-ring (bicyclic) bond motifs is 4. The summed E-state index contributed by atoms with van der Waals surface area (Å²) in [5, 5.41) is 33.9. The molecule has 12 saturated carbocycles. The van der Waals surface area contributed by atoms with Crippen molar-refractivity contribution in [1.82, 2.24) is 0 Å². The maximum atomic E-state index is 14.6. The third kappa shape index (κ3) is 23.3. The molecule has 0 aromatic rings. The maximum absolute atomic E-state index is 14.6. The van der Waals surface area contributed by atoms with E-state index < -0.39 is 59.1 Å². The van der Waals surface area contributed by atoms with E-state index in [1.165, 1.54) is 113 Å². The van der Waals surface area contributed by atoms with Crippen molar-refractivity contribution in [3.8, 4) is 0 Å². The van der Waals surface area contributed by atoms with Crippen molar-refractivity contribution < 1.29 is 67.3 Å². The van der Waals surface area contributed by atoms with E-state index in [1.54, 1.807) is 25.5 Å². The molecule has 0 bridgehead atoms. The first-order chi connectivity index (χ1) is 57.6. The molecule has 0 aromatic carbocycles. The maximum Gasteiger partial charge on any atom is 0.363 e. The van der Waals surface area contributed by atoms with Gasteiger partial charge in [-0.25, -0.2) is 38.1 Å². The number of alkyl halides is 3. The second kappa shape index (κ2) is 40.0. The van der Waals surface area contributed by atoms with E-state index in [4.69, 9.17) is 0 Å². The summed E-state index contributed by atoms with van der Waals surface area (Å²) in [4.78, 5) is 0. The van der Waals surface area contributed by atoms with Crippen LogP contribution < -0.4 is 0 Å². The highest BCUT2D eigenvalue weighted by molar-refractivity contribution is 7.93. The van der Waals surface area contributed by atoms with Gasteiger partial charge in [0.05, 0.1) is 33.9 Å². The van der Waals surface area contributed by atoms with Gasteiger partial charge in [0.15, 0.2) is 29.5 Å². The molecule has 0 radical (unpaired) electrons. The Balaban J connectivity index is 0.000000173. The van der Waals surface area contributed by atoms with Gasteiger partial charge < -0.3 is 20.4 Å². The number of halogens is 3. The summed E-state index contributed by atoms with van der Waals surface area (Å²) in [6.07, 6.45) is 69.2. The lowest BCUT2D eigenvalue weighted by atomic mass is 9.61. The van der Waals surface area contributed by atoms with Crippen molar-refractivity contribution in [3.05, 3.63) is 202 Å². The van der Waals surface area contributed by atoms with Gasteiger partial charge in [-0.05, 0) is 354 Å². The van der Waals surface area contributed by atoms with E-state index in [0.29, 0.717) is 66.6 Å². The fourth-order valence-corrected chi connectivity index (χ4v) is 26.7. The Bertz CT molecular complexity index is 4430. The largest absolute Gasteiger partial charge is 0.393 e. The van der Waals surface area contributed by atoms with Gasteiger partial charge in [-0.2, -0.15) is 8.78 Å². The number of aliphatic hydroxyl groups excluding tert-OH is 4. The summed E-state index contributed by atoms with van der Waals surface area (Å²) >= 11 is 0. The van der Waals surface area contributed by atoms with Gasteiger partial charge >= 0.3 is 5.25 Å². The molecule has 19 heteroatoms. The topological polar surface area (TPSA) is 217 Å². The van der Waals surface area contributed by atoms with Crippen LogP contribution in [0, 0.1) is 86.8 Å². The second-order valence-corrected chi connectivity index (χ2v) is 51.7. The lowest BCUT2D eigenvalue weighted by Crippen LogP contribution is -2.36. The smallest absolute Gasteiger partial charge is 0.363 e. The van der Waals surface area contributed by atoms with Crippen molar-refractivity contribution in [3.63, 3.8) is 0 Å². The summed E-state index contributed by atoms with van der Waals surface area (Å²) in [5.41, 5.74) is 17.4. The lowest BCUT2D eigenvalue weighted by Gasteiger charge is -2.44. The van der Waals surface area contributed by atoms with Gasteiger partial charge in [-0.15, -0.1) is 0 Å². The number of aliphatic hydroxyl groups is 4. The van der Waals surface area contributed by atoms with Crippen molar-refractivity contribution in [1.29, 1.82) is 0 Å². The Labute approximate surface area is 747 Å². The summed E-state index contributed by atoms with van der Waals surface area (Å²) in [5.74, 6) is 3.90. The first kappa shape index (κ1) is 101. The first-order valence-corrected chi connectivity index (χ1v) is 54.5. The van der Waals surface area contributed by atoms with Gasteiger partial charge in [0.1, 0.15) is 0 Å². The summed E-state index contributed by atoms with van der Waals surface area (Å²) < 4.78 is 135. The molecule has 12 fully saturated rings. The minimum atomic E-state index is -4.46. The van der Waals surface area contributed by atoms with E-state index in [1.807, 2.05) is 19.1 Å². The van der Waals surface area contributed by atoms with Crippen LogP contribution in [0.4, 0.5) is 13.2 Å². The molecule has 4 N–H and O–H groups in total. The molecule has 0 amide bonds. The van der Waals surface area contributed by atoms with Crippen molar-refractivity contribution >= 4 is 39.3 Å². The van der Waals surface area contributed by atoms with Crippen LogP contribution in [-0.4, -0.2) is 123 Å². The normalized spacial score (nSPS) is 36.8. The van der Waals surface area contributed by atoms with Crippen molar-refractivity contribution in [2.75, 3.05) is 25.0 Å². The molecular weight excluding hydrogens is 1640 g/mol. The standard InChI is InChI=1S/C27H38O3S.C27H42O3S.C26H39FO3S.C25H36F2O3S/c1-19-7-10-23(28)18-22(19)9-8-21-6-5-14-26(3)24(11-12-25(21)26)20(2)13-15-27(16-17-27)31(4,29)30;1-19-9-12-23(28)18-22(19)11-10-21-8-7-16-27(5)24(13-14-25(21)27)20(2)15-17-26(3,4)31(6,29)30;1-18-8-11-22(28)17-21(18)10-9-20-7-6-15-25(3)23(12-13-24(20)25)19(2)14-16-26(4,27)31(5,29)30;1-17-7-10-21(28)16-20(17)9-8-19-6-5-14-24(3)22(11-12-23(19)24)18(2)13-15-25(26,27)31(4,29)30/h8-9,11,13,15,20,23,25,28H,1,5-7,10,12,14,16-18H2,2-4H3;10-11,15,17,20,23-25,28H,1,7-9,12-14,16,18H2,2-6H3;9-10,14,16,19,22-24,28H,1,6-8,11-13,15,17H2,2-5H3;8-9,13,15,18,21-23,28H,1,5-7,10-12,14,16H2,2-4H3/b15-13+,21-8+,22-9-;17-15+,21-10+,22-11-;16-14+,20-9+,21-10-;15-13+,19-8+,20-9-. The average molecular weight is 1790 g/mol. The highest BCUT2D eigenvalue weighted by Gasteiger charge is 2.55. The van der Waals surface area contributed by atoms with Crippen LogP contribution in [-0.2, 0) is 39.3 Å². The Hall–Kier alpha value is -4.99. The molecule has 13 aliphatic rings. The summed E-state index contributed by atoms with van der Waals surface area (Å²) in [6.45, 7) is 39.5. The zero-order valence-electron chi connectivity index (χ0n) is 78.0. The van der Waals surface area contributed by atoms with E-state index >= 15 is 0 Å². The Morgan fingerprint density at radius 3 is 1.04 bits per heavy atom. The minimum Gasteiger partial charge on any atom is -0.393 e. The van der Waals surface area contributed by atoms with Gasteiger partial charge in [0.25, 0.3) is 0 Å². The molecule has 0 aromatic heterocycles. The zero-order valence-corrected chi connectivity index (χ0v) is 81.2. The van der Waals surface area contributed by atoms with Crippen LogP contribution in [0.5, 0.6) is 0 Å². The summed E-state index contributed by atoms with van der Waals surface area (Å²) in [7, 11) is -14.4. The summed E-state index contributed by atoms with van der Waals surface area (Å²) in [6, 6.07) is 0. The molecule has 13 aliphatic carbocycles. The van der Waals surface area contributed by atoms with Crippen molar-refractivity contribution in [2.45, 2.75) is 332 Å². The number of hydrogen-bond donors (Lipinski definition) is 4. The first-order valence-electron chi connectivity index (χ1n) is 47.0. The molecule has 0 saturated heterocycles. The predicted molar refractivity (Wildman–Crippen MR) is 506 cm³/mol. The molecule has 0 spiro atoms. The van der Waals surface area contributed by atoms with E-state index in [0.717, 1.165) is 190 Å². The van der Waals surface area contributed by atoms with E-state index in [9.17, 15) is 67.3 Å². The molecule has 0 aliphatic heterocycles. The van der Waals surface area contributed by atoms with Gasteiger partial charge in [0.2, 0.25) is 14.8 Å². The molecule has 13 rings (SSSR count). The Morgan fingerprint density at radius 1 is 0.403 bits per heavy atom. The quantitative estimate of drug-likeness (QED) is 0.0837. The fraction of sp³-hybridized carbons (Fsp3) is 0.676. The highest BCUT2D eigenvalue weighted by Crippen LogP contribution is 2.64. The van der Waals surface area contributed by atoms with Crippen LogP contribution in [0.25, 0.3) is 0 Å². The molecular formula is C105H155F3O12S4. The Morgan fingerprint density at radius 2 is 0.726 bits per heavy atom. The Kier molecular flexibility index (Phi) is 32.6. The number of hydrogen-bond acceptors (Lipinski definition) is 12. The number of sulfone groups is 4. The molecule has 124 heavy (non-hydrogen) atoms. The van der Waals surface area contributed by atoms with Crippen LogP contribution in [0.1, 0.15) is 288 Å². The predicted octanol–water partition coefficient (Wildman–Crippen LogP) is 24.1. The number of allylic oxidation sites excluding steroid dienone is 22. The third-order valence-electron chi connectivity index (χ3n) is 33.3. The molecule has 20 atom stereocenters. The molecule has 0 heterocycles. The monoisotopic (exact) mass is 1790 g/mol. The lowest BCUT2D eigenvalue weighted by molar-refractivity contribution is 0.110. The minimum absolute atomic E-state index is 0.0236. The fourth-order valence-electron chi connectivity index (χ4n) is 24.5. The van der Waals surface area contributed by atoms with Gasteiger partial charge in [0, 0.05) is 25.0 Å². The molecule has 12 nitrogen and oxygen atoms in total. The van der Waals surface area contributed by atoms with Crippen molar-refractivity contribution in [2.24, 2.45) is 86.8 Å². The third-order valence-corrected chi connectivity index (χ3v) is 40.1. The van der Waals surface area contributed by atoms with E-state index in [-0.39, 0.29) is 69.7 Å². The SMILES string of the molecule is C=C1CCC(O)C/C1=C/C=C1\CCCC2(C)C(C(C)/C=C/C3(S(C)(=O)=O)CC3)=CCC12.C=C1CCC(O)C/C1=C/C=C1\CCCC2(C)C1CCC2C(C)/C=C/C(C)(C)S(C)(=O)=O.C=C1CCC(O)C/C1=C/C=C1\CCCC2(C)C1CCC2C(C)/C=C/C(C)(F)S(C)(=O)=O.C=C1CCC(O)C/C1=C/C=C1\CCCC2(C)C1CCC2C(C)/C=C/C(F)(F)S(C)(=O)=O. The van der Waals surface area contributed by atoms with Crippen LogP contribution in [0.2, 0.25) is 0 Å². The molecule has 20 unspecified atom stereocenters. The van der Waals surface area contributed by atoms with Crippen LogP contribution in [0.15, 0.2) is 202 Å². The van der Waals surface area contributed by atoms with E-state index in [2.05, 4.69) is 142 Å². The van der Waals surface area contributed by atoms with Gasteiger partial charge in [-0.1, -0.05) is 223 Å². The van der Waals surface area contributed by atoms with Crippen LogP contribution in [0.3, 0.4) is 0 Å². The average Bonchev–Trinajstić information content (AvgIpc) is 1.62. The number of rotatable bonds is 20. The highest BCUT2D eigenvalue weighted by atomic mass is 32.2. The zero-order chi connectivity index (χ0) is 91.5. The second-order valence-electron chi connectivity index (χ2n) is 42.3.